The van der Waals surface area contributed by atoms with E-state index >= 15 is 0 Å². The van der Waals surface area contributed by atoms with Crippen molar-refractivity contribution in [1.29, 1.82) is 0 Å². The molecule has 0 unspecified atom stereocenters. The minimum absolute atomic E-state index is 0.230. The quantitative estimate of drug-likeness (QED) is 0.592. The Hall–Kier alpha value is -2.33. The lowest BCUT2D eigenvalue weighted by molar-refractivity contribution is 0.102. The number of nitrogens with zero attached hydrogens (tertiary/aromatic N) is 1. The number of aryl methyl sites for hydroxylation is 4. The number of nitrogens with one attached hydrogen (secondary N) is 1. The lowest BCUT2D eigenvalue weighted by Crippen LogP contribution is -2.18. The standard InChI is InChI=1S/C23H29ClN2O2/c1-7-10-11-19-14(4)25-15(5)20(21(19)24)23(27)26-22-16(8-2)12-18(28-6)13-17(22)9-3/h7,10,12-13H,8-9,11H2,1-6H3,(H,26,27)/b10-7+. The largest absolute Gasteiger partial charge is 0.497 e. The van der Waals surface area contributed by atoms with Gasteiger partial charge in [0.1, 0.15) is 5.75 Å². The average Bonchev–Trinajstić information content (AvgIpc) is 2.67. The summed E-state index contributed by atoms with van der Waals surface area (Å²) < 4.78 is 5.40. The van der Waals surface area contributed by atoms with Crippen molar-refractivity contribution < 1.29 is 9.53 Å². The van der Waals surface area contributed by atoms with E-state index in [4.69, 9.17) is 16.3 Å². The van der Waals surface area contributed by atoms with Gasteiger partial charge in [-0.3, -0.25) is 9.78 Å². The topological polar surface area (TPSA) is 51.2 Å². The molecule has 2 rings (SSSR count). The third-order valence-corrected chi connectivity index (χ3v) is 5.33. The lowest BCUT2D eigenvalue weighted by atomic mass is 10.0. The zero-order valence-corrected chi connectivity index (χ0v) is 18.3. The number of amides is 1. The van der Waals surface area contributed by atoms with Crippen molar-refractivity contribution in [1.82, 2.24) is 4.98 Å². The molecule has 1 aromatic heterocycles. The monoisotopic (exact) mass is 400 g/mol. The number of halogens is 1. The molecule has 1 N–H and O–H groups in total. The van der Waals surface area contributed by atoms with Crippen molar-refractivity contribution in [3.05, 3.63) is 62.9 Å². The molecule has 0 aliphatic heterocycles. The number of hydrogen-bond acceptors (Lipinski definition) is 3. The molecule has 1 heterocycles. The van der Waals surface area contributed by atoms with Crippen LogP contribution in [0.1, 0.15) is 59.2 Å². The van der Waals surface area contributed by atoms with Gasteiger partial charge in [0.05, 0.1) is 23.4 Å². The van der Waals surface area contributed by atoms with Gasteiger partial charge in [-0.2, -0.15) is 0 Å². The number of aromatic nitrogens is 1. The van der Waals surface area contributed by atoms with E-state index in [1.54, 1.807) is 7.11 Å². The maximum atomic E-state index is 13.2. The van der Waals surface area contributed by atoms with Crippen LogP contribution in [0.3, 0.4) is 0 Å². The lowest BCUT2D eigenvalue weighted by Gasteiger charge is -2.18. The van der Waals surface area contributed by atoms with Crippen LogP contribution in [-0.2, 0) is 19.3 Å². The summed E-state index contributed by atoms with van der Waals surface area (Å²) in [7, 11) is 1.65. The molecule has 0 saturated heterocycles. The van der Waals surface area contributed by atoms with Crippen LogP contribution in [0.25, 0.3) is 0 Å². The van der Waals surface area contributed by atoms with Crippen molar-refractivity contribution in [3.8, 4) is 5.75 Å². The first kappa shape index (κ1) is 22.0. The van der Waals surface area contributed by atoms with Gasteiger partial charge in [0, 0.05) is 11.4 Å². The Morgan fingerprint density at radius 2 is 1.79 bits per heavy atom. The van der Waals surface area contributed by atoms with Crippen LogP contribution in [0.15, 0.2) is 24.3 Å². The predicted octanol–water partition coefficient (Wildman–Crippen LogP) is 5.86. The van der Waals surface area contributed by atoms with Gasteiger partial charge in [-0.05, 0) is 68.9 Å². The van der Waals surface area contributed by atoms with E-state index in [2.05, 4.69) is 24.1 Å². The number of carbonyl (C=O) groups excluding carboxylic acids is 1. The molecule has 0 fully saturated rings. The van der Waals surface area contributed by atoms with Gasteiger partial charge in [-0.15, -0.1) is 0 Å². The van der Waals surface area contributed by atoms with Crippen molar-refractivity contribution >= 4 is 23.2 Å². The summed E-state index contributed by atoms with van der Waals surface area (Å²) in [6.45, 7) is 9.83. The van der Waals surface area contributed by atoms with E-state index in [0.717, 1.165) is 46.7 Å². The van der Waals surface area contributed by atoms with Gasteiger partial charge < -0.3 is 10.1 Å². The second kappa shape index (κ2) is 9.74. The third kappa shape index (κ3) is 4.56. The van der Waals surface area contributed by atoms with Crippen molar-refractivity contribution in [2.75, 3.05) is 12.4 Å². The fourth-order valence-corrected chi connectivity index (χ4v) is 3.76. The minimum Gasteiger partial charge on any atom is -0.497 e. The average molecular weight is 401 g/mol. The highest BCUT2D eigenvalue weighted by molar-refractivity contribution is 6.35. The molecular weight excluding hydrogens is 372 g/mol. The molecule has 0 aliphatic rings. The number of pyridine rings is 1. The van der Waals surface area contributed by atoms with Crippen LogP contribution in [0.2, 0.25) is 5.02 Å². The van der Waals surface area contributed by atoms with Gasteiger partial charge in [-0.25, -0.2) is 0 Å². The Balaban J connectivity index is 2.51. The summed E-state index contributed by atoms with van der Waals surface area (Å²) in [6.07, 6.45) is 6.20. The smallest absolute Gasteiger partial charge is 0.259 e. The van der Waals surface area contributed by atoms with Gasteiger partial charge in [0.2, 0.25) is 0 Å². The number of allylic oxidation sites excluding steroid dienone is 2. The summed E-state index contributed by atoms with van der Waals surface area (Å²) >= 11 is 6.66. The van der Waals surface area contributed by atoms with Crippen LogP contribution < -0.4 is 10.1 Å². The van der Waals surface area contributed by atoms with Crippen molar-refractivity contribution in [2.45, 2.75) is 53.9 Å². The Morgan fingerprint density at radius 3 is 2.29 bits per heavy atom. The number of anilines is 1. The molecule has 0 atom stereocenters. The summed E-state index contributed by atoms with van der Waals surface area (Å²) in [6, 6.07) is 3.93. The van der Waals surface area contributed by atoms with Crippen LogP contribution >= 0.6 is 11.6 Å². The van der Waals surface area contributed by atoms with Crippen LogP contribution in [0, 0.1) is 13.8 Å². The van der Waals surface area contributed by atoms with Gasteiger partial charge in [-0.1, -0.05) is 37.6 Å². The number of methoxy groups -OCH3 is 1. The molecular formula is C23H29ClN2O2. The molecule has 0 radical (unpaired) electrons. The van der Waals surface area contributed by atoms with E-state index in [-0.39, 0.29) is 5.91 Å². The molecule has 2 aromatic rings. The maximum Gasteiger partial charge on any atom is 0.259 e. The van der Waals surface area contributed by atoms with Crippen LogP contribution in [0.4, 0.5) is 5.69 Å². The van der Waals surface area contributed by atoms with Crippen LogP contribution in [-0.4, -0.2) is 18.0 Å². The van der Waals surface area contributed by atoms with E-state index in [0.29, 0.717) is 22.7 Å². The van der Waals surface area contributed by atoms with Crippen molar-refractivity contribution in [2.24, 2.45) is 0 Å². The van der Waals surface area contributed by atoms with Crippen LogP contribution in [0.5, 0.6) is 5.75 Å². The summed E-state index contributed by atoms with van der Waals surface area (Å²) in [5, 5.41) is 3.57. The van der Waals surface area contributed by atoms with E-state index in [1.807, 2.05) is 45.1 Å². The normalized spacial score (nSPS) is 11.1. The molecule has 0 saturated carbocycles. The fraction of sp³-hybridized carbons (Fsp3) is 0.391. The molecule has 1 amide bonds. The zero-order chi connectivity index (χ0) is 20.8. The first-order valence-electron chi connectivity index (χ1n) is 9.65. The van der Waals surface area contributed by atoms with Crippen molar-refractivity contribution in [3.63, 3.8) is 0 Å². The summed E-state index contributed by atoms with van der Waals surface area (Å²) in [5.74, 6) is 0.567. The number of rotatable bonds is 7. The highest BCUT2D eigenvalue weighted by atomic mass is 35.5. The maximum absolute atomic E-state index is 13.2. The number of ether oxygens (including phenoxy) is 1. The molecule has 4 nitrogen and oxygen atoms in total. The second-order valence-electron chi connectivity index (χ2n) is 6.71. The zero-order valence-electron chi connectivity index (χ0n) is 17.6. The van der Waals surface area contributed by atoms with Gasteiger partial charge >= 0.3 is 0 Å². The Labute approximate surface area is 173 Å². The number of carbonyl (C=O) groups is 1. The summed E-state index contributed by atoms with van der Waals surface area (Å²) in [4.78, 5) is 17.8. The first-order valence-corrected chi connectivity index (χ1v) is 10.0. The molecule has 28 heavy (non-hydrogen) atoms. The van der Waals surface area contributed by atoms with E-state index < -0.39 is 0 Å². The molecule has 0 bridgehead atoms. The summed E-state index contributed by atoms with van der Waals surface area (Å²) in [5.41, 5.74) is 5.71. The Bertz CT molecular complexity index is 879. The van der Waals surface area contributed by atoms with E-state index in [9.17, 15) is 4.79 Å². The van der Waals surface area contributed by atoms with E-state index in [1.165, 1.54) is 0 Å². The molecule has 150 valence electrons. The minimum atomic E-state index is -0.230. The van der Waals surface area contributed by atoms with Gasteiger partial charge in [0.15, 0.2) is 0 Å². The Kier molecular flexibility index (Phi) is 7.64. The van der Waals surface area contributed by atoms with Gasteiger partial charge in [0.25, 0.3) is 5.91 Å². The number of hydrogen-bond donors (Lipinski definition) is 1. The second-order valence-corrected chi connectivity index (χ2v) is 7.08. The Morgan fingerprint density at radius 1 is 1.18 bits per heavy atom. The molecule has 5 heteroatoms. The fourth-order valence-electron chi connectivity index (χ4n) is 3.33. The molecule has 1 aromatic carbocycles. The SMILES string of the molecule is C/C=C/Cc1c(C)nc(C)c(C(=O)Nc2c(CC)cc(OC)cc2CC)c1Cl. The first-order chi connectivity index (χ1) is 13.4. The highest BCUT2D eigenvalue weighted by Gasteiger charge is 2.21. The molecule has 0 spiro atoms. The number of benzene rings is 1. The molecule has 0 aliphatic carbocycles. The third-order valence-electron chi connectivity index (χ3n) is 4.91. The highest BCUT2D eigenvalue weighted by Crippen LogP contribution is 2.31. The predicted molar refractivity (Wildman–Crippen MR) is 117 cm³/mol.